The molecule has 2 amide bonds. The number of unbranched alkanes of at least 4 members (excludes halogenated alkanes) is 1. The molecule has 1 aromatic rings. The number of benzene rings is 1. The van der Waals surface area contributed by atoms with Crippen LogP contribution in [0, 0.1) is 5.92 Å². The summed E-state index contributed by atoms with van der Waals surface area (Å²) >= 11 is 0. The third kappa shape index (κ3) is 6.29. The Kier molecular flexibility index (Phi) is 8.43. The van der Waals surface area contributed by atoms with E-state index in [0.29, 0.717) is 12.1 Å². The van der Waals surface area contributed by atoms with E-state index in [4.69, 9.17) is 10.8 Å². The summed E-state index contributed by atoms with van der Waals surface area (Å²) in [5, 5.41) is 14.6. The van der Waals surface area contributed by atoms with Crippen LogP contribution in [0.1, 0.15) is 45.6 Å². The van der Waals surface area contributed by atoms with Crippen molar-refractivity contribution in [3.8, 4) is 0 Å². The first-order valence-electron chi connectivity index (χ1n) is 8.45. The predicted octanol–water partition coefficient (Wildman–Crippen LogP) is 1.78. The zero-order valence-corrected chi connectivity index (χ0v) is 14.7. The lowest BCUT2D eigenvalue weighted by atomic mass is 10.0. The number of carbonyl (C=O) groups is 2. The van der Waals surface area contributed by atoms with Crippen LogP contribution in [0.2, 0.25) is 0 Å². The Bertz CT molecular complexity index is 529. The highest BCUT2D eigenvalue weighted by Gasteiger charge is 2.24. The van der Waals surface area contributed by atoms with Crippen LogP contribution in [0.25, 0.3) is 0 Å². The molecule has 0 fully saturated rings. The Labute approximate surface area is 143 Å². The van der Waals surface area contributed by atoms with Crippen LogP contribution in [0.3, 0.4) is 0 Å². The predicted molar refractivity (Wildman–Crippen MR) is 95.3 cm³/mol. The van der Waals surface area contributed by atoms with E-state index in [0.717, 1.165) is 18.4 Å². The first-order valence-corrected chi connectivity index (χ1v) is 8.45. The molecule has 134 valence electrons. The van der Waals surface area contributed by atoms with Crippen LogP contribution in [0.4, 0.5) is 5.69 Å². The van der Waals surface area contributed by atoms with E-state index < -0.39 is 12.1 Å². The van der Waals surface area contributed by atoms with Crippen molar-refractivity contribution < 1.29 is 14.7 Å². The summed E-state index contributed by atoms with van der Waals surface area (Å²) in [7, 11) is 0. The normalized spacial score (nSPS) is 13.4. The number of nitrogens with one attached hydrogen (secondary N) is 2. The second-order valence-electron chi connectivity index (χ2n) is 6.32. The fraction of sp³-hybridized carbons (Fsp3) is 0.556. The molecule has 2 atom stereocenters. The Morgan fingerprint density at radius 3 is 2.29 bits per heavy atom. The second-order valence-corrected chi connectivity index (χ2v) is 6.32. The summed E-state index contributed by atoms with van der Waals surface area (Å²) in [6, 6.07) is 5.68. The lowest BCUT2D eigenvalue weighted by molar-refractivity contribution is -0.128. The summed E-state index contributed by atoms with van der Waals surface area (Å²) in [6.07, 6.45) is 2.33. The van der Waals surface area contributed by atoms with Gasteiger partial charge in [-0.2, -0.15) is 0 Å². The van der Waals surface area contributed by atoms with Crippen LogP contribution in [-0.4, -0.2) is 29.0 Å². The quantitative estimate of drug-likeness (QED) is 0.552. The van der Waals surface area contributed by atoms with E-state index >= 15 is 0 Å². The topological polar surface area (TPSA) is 104 Å². The van der Waals surface area contributed by atoms with Crippen LogP contribution >= 0.6 is 0 Å². The molecule has 24 heavy (non-hydrogen) atoms. The van der Waals surface area contributed by atoms with Gasteiger partial charge in [0.2, 0.25) is 11.8 Å². The zero-order chi connectivity index (χ0) is 18.1. The number of aliphatic hydroxyl groups is 1. The Morgan fingerprint density at radius 1 is 1.17 bits per heavy atom. The number of rotatable bonds is 9. The number of carbonyl (C=O) groups excluding carboxylic acids is 2. The molecule has 0 radical (unpaired) electrons. The van der Waals surface area contributed by atoms with E-state index in [9.17, 15) is 9.59 Å². The monoisotopic (exact) mass is 335 g/mol. The molecule has 5 N–H and O–H groups in total. The van der Waals surface area contributed by atoms with E-state index in [-0.39, 0.29) is 24.3 Å². The van der Waals surface area contributed by atoms with Gasteiger partial charge in [-0.05, 0) is 30.0 Å². The summed E-state index contributed by atoms with van der Waals surface area (Å²) < 4.78 is 0. The lowest BCUT2D eigenvalue weighted by Crippen LogP contribution is -2.51. The fourth-order valence-corrected chi connectivity index (χ4v) is 2.17. The average Bonchev–Trinajstić information content (AvgIpc) is 2.58. The number of hydrogen-bond donors (Lipinski definition) is 4. The van der Waals surface area contributed by atoms with Crippen molar-refractivity contribution in [2.24, 2.45) is 11.7 Å². The molecular weight excluding hydrogens is 306 g/mol. The third-order valence-corrected chi connectivity index (χ3v) is 3.90. The molecule has 0 aliphatic rings. The maximum absolute atomic E-state index is 12.5. The van der Waals surface area contributed by atoms with Crippen LogP contribution in [0.5, 0.6) is 0 Å². The van der Waals surface area contributed by atoms with Crippen molar-refractivity contribution in [3.63, 3.8) is 0 Å². The standard InChI is InChI=1S/C18H29N3O3/c1-4-5-6-15(21-18(24)16(19)12(2)3)17(23)20-14-9-7-13(11-22)8-10-14/h7-10,12,15-16,22H,4-6,11,19H2,1-3H3,(H,20,23)(H,21,24). The first-order chi connectivity index (χ1) is 11.4. The highest BCUT2D eigenvalue weighted by Crippen LogP contribution is 2.12. The molecule has 0 spiro atoms. The number of anilines is 1. The number of aliphatic hydroxyl groups excluding tert-OH is 1. The number of hydrogen-bond acceptors (Lipinski definition) is 4. The molecular formula is C18H29N3O3. The summed E-state index contributed by atoms with van der Waals surface area (Å²) in [5.41, 5.74) is 7.25. The largest absolute Gasteiger partial charge is 0.392 e. The minimum Gasteiger partial charge on any atom is -0.392 e. The minimum atomic E-state index is -0.634. The maximum Gasteiger partial charge on any atom is 0.246 e. The van der Waals surface area contributed by atoms with Gasteiger partial charge in [-0.15, -0.1) is 0 Å². The molecule has 0 aliphatic heterocycles. The Balaban J connectivity index is 2.74. The van der Waals surface area contributed by atoms with Gasteiger partial charge in [0, 0.05) is 5.69 Å². The SMILES string of the molecule is CCCCC(NC(=O)C(N)C(C)C)C(=O)Nc1ccc(CO)cc1. The molecule has 2 unspecified atom stereocenters. The molecule has 0 heterocycles. The van der Waals surface area contributed by atoms with E-state index in [1.165, 1.54) is 0 Å². The van der Waals surface area contributed by atoms with Gasteiger partial charge >= 0.3 is 0 Å². The lowest BCUT2D eigenvalue weighted by Gasteiger charge is -2.22. The van der Waals surface area contributed by atoms with Crippen molar-refractivity contribution in [1.29, 1.82) is 0 Å². The van der Waals surface area contributed by atoms with Crippen molar-refractivity contribution in [2.75, 3.05) is 5.32 Å². The van der Waals surface area contributed by atoms with E-state index in [1.807, 2.05) is 20.8 Å². The molecule has 1 rings (SSSR count). The van der Waals surface area contributed by atoms with Gasteiger partial charge in [-0.3, -0.25) is 9.59 Å². The fourth-order valence-electron chi connectivity index (χ4n) is 2.17. The molecule has 0 bridgehead atoms. The molecule has 0 aliphatic carbocycles. The smallest absolute Gasteiger partial charge is 0.246 e. The van der Waals surface area contributed by atoms with E-state index in [1.54, 1.807) is 24.3 Å². The van der Waals surface area contributed by atoms with Crippen molar-refractivity contribution >= 4 is 17.5 Å². The van der Waals surface area contributed by atoms with Gasteiger partial charge < -0.3 is 21.5 Å². The molecule has 1 aromatic carbocycles. The highest BCUT2D eigenvalue weighted by molar-refractivity contribution is 5.97. The van der Waals surface area contributed by atoms with Crippen LogP contribution in [-0.2, 0) is 16.2 Å². The first kappa shape index (κ1) is 20.1. The van der Waals surface area contributed by atoms with Gasteiger partial charge in [0.05, 0.1) is 12.6 Å². The summed E-state index contributed by atoms with van der Waals surface area (Å²) in [6.45, 7) is 5.73. The minimum absolute atomic E-state index is 0.00547. The van der Waals surface area contributed by atoms with Gasteiger partial charge in [0.25, 0.3) is 0 Å². The van der Waals surface area contributed by atoms with Crippen LogP contribution < -0.4 is 16.4 Å². The van der Waals surface area contributed by atoms with Crippen LogP contribution in [0.15, 0.2) is 24.3 Å². The highest BCUT2D eigenvalue weighted by atomic mass is 16.3. The van der Waals surface area contributed by atoms with E-state index in [2.05, 4.69) is 10.6 Å². The number of amides is 2. The maximum atomic E-state index is 12.5. The molecule has 0 aromatic heterocycles. The number of nitrogens with two attached hydrogens (primary N) is 1. The Morgan fingerprint density at radius 2 is 1.79 bits per heavy atom. The molecule has 6 heteroatoms. The van der Waals surface area contributed by atoms with Gasteiger partial charge in [0.15, 0.2) is 0 Å². The average molecular weight is 335 g/mol. The molecule has 6 nitrogen and oxygen atoms in total. The van der Waals surface area contributed by atoms with Crippen molar-refractivity contribution in [1.82, 2.24) is 5.32 Å². The molecule has 0 saturated carbocycles. The molecule has 0 saturated heterocycles. The van der Waals surface area contributed by atoms with Gasteiger partial charge in [-0.25, -0.2) is 0 Å². The third-order valence-electron chi connectivity index (χ3n) is 3.90. The Hall–Kier alpha value is -1.92. The van der Waals surface area contributed by atoms with Gasteiger partial charge in [-0.1, -0.05) is 45.7 Å². The zero-order valence-electron chi connectivity index (χ0n) is 14.7. The van der Waals surface area contributed by atoms with Gasteiger partial charge in [0.1, 0.15) is 6.04 Å². The summed E-state index contributed by atoms with van der Waals surface area (Å²) in [5.74, 6) is -0.563. The summed E-state index contributed by atoms with van der Waals surface area (Å²) in [4.78, 5) is 24.6. The van der Waals surface area contributed by atoms with Crippen molar-refractivity contribution in [2.45, 2.75) is 58.7 Å². The second kappa shape index (κ2) is 10.1. The van der Waals surface area contributed by atoms with Crippen molar-refractivity contribution in [3.05, 3.63) is 29.8 Å².